The fourth-order valence-electron chi connectivity index (χ4n) is 2.20. The topological polar surface area (TPSA) is 64.9 Å². The van der Waals surface area contributed by atoms with E-state index in [1.54, 1.807) is 6.92 Å². The molecule has 0 radical (unpaired) electrons. The summed E-state index contributed by atoms with van der Waals surface area (Å²) >= 11 is 0. The molecule has 2 N–H and O–H groups in total. The summed E-state index contributed by atoms with van der Waals surface area (Å²) in [5, 5.41) is 14.4. The van der Waals surface area contributed by atoms with Crippen LogP contribution in [0.25, 0.3) is 0 Å². The maximum Gasteiger partial charge on any atom is 0.416 e. The predicted molar refractivity (Wildman–Crippen MR) is 74.8 cm³/mol. The SMILES string of the molecule is CC(C#N)(NC(=O)CNc1cccc(C(F)(F)F)c1)C1CC1. The normalized spacial score (nSPS) is 17.2. The van der Waals surface area contributed by atoms with Crippen LogP contribution in [0.15, 0.2) is 24.3 Å². The van der Waals surface area contributed by atoms with E-state index >= 15 is 0 Å². The van der Waals surface area contributed by atoms with Gasteiger partial charge in [-0.3, -0.25) is 4.79 Å². The zero-order valence-electron chi connectivity index (χ0n) is 12.0. The number of amides is 1. The number of nitrogens with one attached hydrogen (secondary N) is 2. The molecule has 1 atom stereocenters. The molecule has 1 aromatic carbocycles. The molecule has 0 heterocycles. The van der Waals surface area contributed by atoms with E-state index in [4.69, 9.17) is 5.26 Å². The van der Waals surface area contributed by atoms with Crippen LogP contribution in [-0.2, 0) is 11.0 Å². The van der Waals surface area contributed by atoms with Crippen LogP contribution < -0.4 is 10.6 Å². The average Bonchev–Trinajstić information content (AvgIpc) is 3.29. The molecular weight excluding hydrogens is 295 g/mol. The van der Waals surface area contributed by atoms with Crippen molar-refractivity contribution in [2.24, 2.45) is 5.92 Å². The number of rotatable bonds is 5. The van der Waals surface area contributed by atoms with Crippen LogP contribution in [0.1, 0.15) is 25.3 Å². The van der Waals surface area contributed by atoms with Crippen molar-refractivity contribution in [1.82, 2.24) is 5.32 Å². The fraction of sp³-hybridized carbons (Fsp3) is 0.467. The first-order valence-corrected chi connectivity index (χ1v) is 6.88. The van der Waals surface area contributed by atoms with Crippen molar-refractivity contribution in [3.05, 3.63) is 29.8 Å². The van der Waals surface area contributed by atoms with E-state index in [1.807, 2.05) is 0 Å². The first-order valence-electron chi connectivity index (χ1n) is 6.88. The molecule has 1 aliphatic carbocycles. The predicted octanol–water partition coefficient (Wildman–Crippen LogP) is 2.93. The third kappa shape index (κ3) is 3.91. The Hall–Kier alpha value is -2.23. The highest BCUT2D eigenvalue weighted by molar-refractivity contribution is 5.82. The summed E-state index contributed by atoms with van der Waals surface area (Å²) in [7, 11) is 0. The largest absolute Gasteiger partial charge is 0.416 e. The quantitative estimate of drug-likeness (QED) is 0.879. The average molecular weight is 311 g/mol. The number of carbonyl (C=O) groups is 1. The van der Waals surface area contributed by atoms with E-state index in [0.29, 0.717) is 0 Å². The third-order valence-corrected chi connectivity index (χ3v) is 3.67. The Balaban J connectivity index is 1.93. The van der Waals surface area contributed by atoms with Gasteiger partial charge in [-0.1, -0.05) is 6.07 Å². The highest BCUT2D eigenvalue weighted by Gasteiger charge is 2.42. The molecular formula is C15H16F3N3O. The standard InChI is InChI=1S/C15H16F3N3O/c1-14(9-19,10-5-6-10)21-13(22)8-20-12-4-2-3-11(7-12)15(16,17)18/h2-4,7,10,20H,5-6,8H2,1H3,(H,21,22). The molecule has 1 unspecified atom stereocenters. The summed E-state index contributed by atoms with van der Waals surface area (Å²) in [6.45, 7) is 1.47. The lowest BCUT2D eigenvalue weighted by Gasteiger charge is -2.23. The minimum absolute atomic E-state index is 0.148. The fourth-order valence-corrected chi connectivity index (χ4v) is 2.20. The monoisotopic (exact) mass is 311 g/mol. The minimum Gasteiger partial charge on any atom is -0.376 e. The van der Waals surface area contributed by atoms with Crippen LogP contribution in [-0.4, -0.2) is 18.0 Å². The number of anilines is 1. The van der Waals surface area contributed by atoms with E-state index in [9.17, 15) is 18.0 Å². The van der Waals surface area contributed by atoms with Crippen molar-refractivity contribution < 1.29 is 18.0 Å². The summed E-state index contributed by atoms with van der Waals surface area (Å²) in [5.74, 6) is -0.275. The summed E-state index contributed by atoms with van der Waals surface area (Å²) in [6, 6.07) is 6.72. The maximum atomic E-state index is 12.6. The van der Waals surface area contributed by atoms with Gasteiger partial charge in [0, 0.05) is 5.69 Å². The Morgan fingerprint density at radius 1 is 1.41 bits per heavy atom. The lowest BCUT2D eigenvalue weighted by atomic mass is 9.98. The molecule has 118 valence electrons. The van der Waals surface area contributed by atoms with Crippen LogP contribution in [0.2, 0.25) is 0 Å². The highest BCUT2D eigenvalue weighted by atomic mass is 19.4. The highest BCUT2D eigenvalue weighted by Crippen LogP contribution is 2.39. The first kappa shape index (κ1) is 16.1. The molecule has 1 aliphatic rings. The van der Waals surface area contributed by atoms with E-state index < -0.39 is 23.2 Å². The number of halogens is 3. The van der Waals surface area contributed by atoms with Crippen molar-refractivity contribution >= 4 is 11.6 Å². The second-order valence-corrected chi connectivity index (χ2v) is 5.57. The van der Waals surface area contributed by atoms with Gasteiger partial charge in [0.05, 0.1) is 18.2 Å². The number of hydrogen-bond acceptors (Lipinski definition) is 3. The van der Waals surface area contributed by atoms with Gasteiger partial charge in [0.1, 0.15) is 5.54 Å². The van der Waals surface area contributed by atoms with Crippen LogP contribution >= 0.6 is 0 Å². The zero-order chi connectivity index (χ0) is 16.4. The van der Waals surface area contributed by atoms with Gasteiger partial charge in [0.2, 0.25) is 5.91 Å². The van der Waals surface area contributed by atoms with E-state index in [2.05, 4.69) is 16.7 Å². The molecule has 2 rings (SSSR count). The second kappa shape index (κ2) is 5.87. The van der Waals surface area contributed by atoms with Crippen molar-refractivity contribution in [2.45, 2.75) is 31.5 Å². The second-order valence-electron chi connectivity index (χ2n) is 5.57. The Morgan fingerprint density at radius 3 is 2.64 bits per heavy atom. The number of benzene rings is 1. The number of alkyl halides is 3. The Labute approximate surface area is 126 Å². The summed E-state index contributed by atoms with van der Waals surface area (Å²) < 4.78 is 37.8. The zero-order valence-corrected chi connectivity index (χ0v) is 12.0. The summed E-state index contributed by atoms with van der Waals surface area (Å²) in [5.41, 5.74) is -1.49. The molecule has 4 nitrogen and oxygen atoms in total. The van der Waals surface area contributed by atoms with Gasteiger partial charge in [-0.05, 0) is 43.9 Å². The molecule has 0 aromatic heterocycles. The first-order chi connectivity index (χ1) is 10.2. The lowest BCUT2D eigenvalue weighted by molar-refractivity contribution is -0.137. The summed E-state index contributed by atoms with van der Waals surface area (Å²) in [6.07, 6.45) is -2.64. The Kier molecular flexibility index (Phi) is 4.31. The molecule has 22 heavy (non-hydrogen) atoms. The Morgan fingerprint density at radius 2 is 2.09 bits per heavy atom. The lowest BCUT2D eigenvalue weighted by Crippen LogP contribution is -2.48. The van der Waals surface area contributed by atoms with Gasteiger partial charge in [-0.2, -0.15) is 18.4 Å². The van der Waals surface area contributed by atoms with Gasteiger partial charge in [-0.25, -0.2) is 0 Å². The van der Waals surface area contributed by atoms with Crippen molar-refractivity contribution in [2.75, 3.05) is 11.9 Å². The van der Waals surface area contributed by atoms with Crippen molar-refractivity contribution in [3.63, 3.8) is 0 Å². The molecule has 1 saturated carbocycles. The van der Waals surface area contributed by atoms with E-state index in [-0.39, 0.29) is 18.2 Å². The minimum atomic E-state index is -4.43. The van der Waals surface area contributed by atoms with Gasteiger partial charge in [-0.15, -0.1) is 0 Å². The van der Waals surface area contributed by atoms with Crippen molar-refractivity contribution in [3.8, 4) is 6.07 Å². The van der Waals surface area contributed by atoms with E-state index in [1.165, 1.54) is 12.1 Å². The van der Waals surface area contributed by atoms with E-state index in [0.717, 1.165) is 25.0 Å². The third-order valence-electron chi connectivity index (χ3n) is 3.67. The number of carbonyl (C=O) groups excluding carboxylic acids is 1. The number of nitriles is 1. The van der Waals surface area contributed by atoms with Crippen molar-refractivity contribution in [1.29, 1.82) is 5.26 Å². The molecule has 0 spiro atoms. The van der Waals surface area contributed by atoms with Crippen LogP contribution in [0.5, 0.6) is 0 Å². The Bertz CT molecular complexity index is 605. The van der Waals surface area contributed by atoms with Gasteiger partial charge in [0.25, 0.3) is 0 Å². The van der Waals surface area contributed by atoms with Crippen LogP contribution in [0.3, 0.4) is 0 Å². The number of nitrogens with zero attached hydrogens (tertiary/aromatic N) is 1. The molecule has 7 heteroatoms. The smallest absolute Gasteiger partial charge is 0.376 e. The maximum absolute atomic E-state index is 12.6. The molecule has 1 aromatic rings. The molecule has 0 bridgehead atoms. The van der Waals surface area contributed by atoms with Gasteiger partial charge < -0.3 is 10.6 Å². The number of hydrogen-bond donors (Lipinski definition) is 2. The van der Waals surface area contributed by atoms with Crippen LogP contribution in [0, 0.1) is 17.2 Å². The molecule has 1 amide bonds. The van der Waals surface area contributed by atoms with Gasteiger partial charge in [0.15, 0.2) is 0 Å². The molecule has 1 fully saturated rings. The molecule has 0 saturated heterocycles. The molecule has 0 aliphatic heterocycles. The summed E-state index contributed by atoms with van der Waals surface area (Å²) in [4.78, 5) is 11.9. The van der Waals surface area contributed by atoms with Crippen LogP contribution in [0.4, 0.5) is 18.9 Å². The van der Waals surface area contributed by atoms with Gasteiger partial charge >= 0.3 is 6.18 Å².